The highest BCUT2D eigenvalue weighted by Gasteiger charge is 2.37. The van der Waals surface area contributed by atoms with Crippen LogP contribution < -0.4 is 0 Å². The van der Waals surface area contributed by atoms with Crippen LogP contribution in [0.2, 0.25) is 0 Å². The van der Waals surface area contributed by atoms with Crippen molar-refractivity contribution < 1.29 is 13.9 Å². The summed E-state index contributed by atoms with van der Waals surface area (Å²) in [6.07, 6.45) is 5.75. The molecular formula is C13H25FO2. The molecule has 0 saturated carbocycles. The fourth-order valence-corrected chi connectivity index (χ4v) is 1.69. The maximum atomic E-state index is 14.1. The van der Waals surface area contributed by atoms with E-state index in [9.17, 15) is 9.18 Å². The molecule has 0 saturated heterocycles. The van der Waals surface area contributed by atoms with Gasteiger partial charge in [0.2, 0.25) is 5.67 Å². The first-order valence-electron chi connectivity index (χ1n) is 6.46. The first kappa shape index (κ1) is 15.4. The maximum Gasteiger partial charge on any atom is 0.343 e. The van der Waals surface area contributed by atoms with Gasteiger partial charge in [0, 0.05) is 0 Å². The van der Waals surface area contributed by atoms with E-state index in [0.29, 0.717) is 6.42 Å². The minimum atomic E-state index is -1.76. The molecule has 0 aromatic carbocycles. The van der Waals surface area contributed by atoms with E-state index < -0.39 is 11.6 Å². The minimum Gasteiger partial charge on any atom is -0.464 e. The van der Waals surface area contributed by atoms with Crippen molar-refractivity contribution in [1.29, 1.82) is 0 Å². The number of hydrogen-bond acceptors (Lipinski definition) is 2. The predicted octanol–water partition coefficient (Wildman–Crippen LogP) is 4.03. The zero-order valence-corrected chi connectivity index (χ0v) is 10.9. The van der Waals surface area contributed by atoms with Crippen molar-refractivity contribution in [2.24, 2.45) is 0 Å². The molecule has 96 valence electrons. The third-order valence-corrected chi connectivity index (χ3v) is 2.88. The molecule has 0 bridgehead atoms. The van der Waals surface area contributed by atoms with E-state index in [1.54, 1.807) is 13.8 Å². The molecule has 0 aliphatic carbocycles. The standard InChI is InChI=1S/C13H25FO2/c1-4-7-8-9-10-11-13(14,5-2)12(15)16-6-3/h4-11H2,1-3H3. The summed E-state index contributed by atoms with van der Waals surface area (Å²) in [6.45, 7) is 5.79. The molecule has 0 heterocycles. The van der Waals surface area contributed by atoms with Gasteiger partial charge in [-0.05, 0) is 26.2 Å². The summed E-state index contributed by atoms with van der Waals surface area (Å²) in [4.78, 5) is 11.4. The predicted molar refractivity (Wildman–Crippen MR) is 64.1 cm³/mol. The minimum absolute atomic E-state index is 0.208. The van der Waals surface area contributed by atoms with Gasteiger partial charge in [-0.1, -0.05) is 39.5 Å². The molecule has 0 aliphatic rings. The number of ether oxygens (including phenoxy) is 1. The molecule has 0 aliphatic heterocycles. The highest BCUT2D eigenvalue weighted by Crippen LogP contribution is 2.25. The van der Waals surface area contributed by atoms with Crippen molar-refractivity contribution in [2.45, 2.75) is 71.4 Å². The molecular weight excluding hydrogens is 207 g/mol. The molecule has 0 N–H and O–H groups in total. The van der Waals surface area contributed by atoms with E-state index in [1.165, 1.54) is 12.8 Å². The lowest BCUT2D eigenvalue weighted by molar-refractivity contribution is -0.158. The van der Waals surface area contributed by atoms with Crippen molar-refractivity contribution in [1.82, 2.24) is 0 Å². The Morgan fingerprint density at radius 1 is 1.12 bits per heavy atom. The van der Waals surface area contributed by atoms with Crippen molar-refractivity contribution in [2.75, 3.05) is 6.61 Å². The van der Waals surface area contributed by atoms with E-state index in [1.807, 2.05) is 0 Å². The lowest BCUT2D eigenvalue weighted by atomic mass is 9.95. The van der Waals surface area contributed by atoms with Crippen molar-refractivity contribution in [3.8, 4) is 0 Å². The van der Waals surface area contributed by atoms with E-state index >= 15 is 0 Å². The van der Waals surface area contributed by atoms with Gasteiger partial charge in [0.05, 0.1) is 6.61 Å². The summed E-state index contributed by atoms with van der Waals surface area (Å²) in [7, 11) is 0. The van der Waals surface area contributed by atoms with Crippen molar-refractivity contribution in [3.63, 3.8) is 0 Å². The summed E-state index contributed by atoms with van der Waals surface area (Å²) >= 11 is 0. The summed E-state index contributed by atoms with van der Waals surface area (Å²) in [5.41, 5.74) is -1.76. The van der Waals surface area contributed by atoms with Crippen molar-refractivity contribution >= 4 is 5.97 Å². The normalized spacial score (nSPS) is 14.5. The smallest absolute Gasteiger partial charge is 0.343 e. The fourth-order valence-electron chi connectivity index (χ4n) is 1.69. The van der Waals surface area contributed by atoms with Crippen LogP contribution in [0.3, 0.4) is 0 Å². The zero-order chi connectivity index (χ0) is 12.4. The van der Waals surface area contributed by atoms with E-state index in [4.69, 9.17) is 4.74 Å². The molecule has 3 heteroatoms. The van der Waals surface area contributed by atoms with Crippen LogP contribution in [-0.2, 0) is 9.53 Å². The average molecular weight is 232 g/mol. The van der Waals surface area contributed by atoms with Gasteiger partial charge in [-0.15, -0.1) is 0 Å². The molecule has 0 rings (SSSR count). The Hall–Kier alpha value is -0.600. The molecule has 1 unspecified atom stereocenters. The molecule has 0 spiro atoms. The zero-order valence-electron chi connectivity index (χ0n) is 10.9. The van der Waals surface area contributed by atoms with Gasteiger partial charge in [0.15, 0.2) is 0 Å². The number of carbonyl (C=O) groups is 1. The summed E-state index contributed by atoms with van der Waals surface area (Å²) < 4.78 is 18.9. The maximum absolute atomic E-state index is 14.1. The number of hydrogen-bond donors (Lipinski definition) is 0. The van der Waals surface area contributed by atoms with Crippen molar-refractivity contribution in [3.05, 3.63) is 0 Å². The Kier molecular flexibility index (Phi) is 8.22. The van der Waals surface area contributed by atoms with Gasteiger partial charge in [-0.2, -0.15) is 0 Å². The molecule has 0 aromatic heterocycles. The molecule has 0 aromatic rings. The summed E-state index contributed by atoms with van der Waals surface area (Å²) in [5.74, 6) is -0.687. The first-order valence-corrected chi connectivity index (χ1v) is 6.46. The van der Waals surface area contributed by atoms with Crippen LogP contribution in [0.25, 0.3) is 0 Å². The molecule has 16 heavy (non-hydrogen) atoms. The number of esters is 1. The van der Waals surface area contributed by atoms with Gasteiger partial charge in [0.25, 0.3) is 0 Å². The highest BCUT2D eigenvalue weighted by molar-refractivity contribution is 5.79. The van der Waals surface area contributed by atoms with Crippen LogP contribution in [0.15, 0.2) is 0 Å². The first-order chi connectivity index (χ1) is 7.60. The molecule has 0 fully saturated rings. The third kappa shape index (κ3) is 5.47. The van der Waals surface area contributed by atoms with Crippen LogP contribution in [0, 0.1) is 0 Å². The SMILES string of the molecule is CCCCCCCC(F)(CC)C(=O)OCC. The lowest BCUT2D eigenvalue weighted by Gasteiger charge is -2.21. The van der Waals surface area contributed by atoms with Gasteiger partial charge >= 0.3 is 5.97 Å². The Balaban J connectivity index is 3.92. The molecule has 2 nitrogen and oxygen atoms in total. The Labute approximate surface area is 98.6 Å². The number of halogens is 1. The lowest BCUT2D eigenvalue weighted by Crippen LogP contribution is -2.35. The average Bonchev–Trinajstić information content (AvgIpc) is 2.28. The highest BCUT2D eigenvalue weighted by atomic mass is 19.1. The molecule has 0 amide bonds. The molecule has 0 radical (unpaired) electrons. The monoisotopic (exact) mass is 232 g/mol. The third-order valence-electron chi connectivity index (χ3n) is 2.88. The van der Waals surface area contributed by atoms with Crippen LogP contribution in [0.4, 0.5) is 4.39 Å². The number of alkyl halides is 1. The summed E-state index contributed by atoms with van der Waals surface area (Å²) in [6, 6.07) is 0. The van der Waals surface area contributed by atoms with E-state index in [0.717, 1.165) is 19.3 Å². The Morgan fingerprint density at radius 3 is 2.25 bits per heavy atom. The molecule has 1 atom stereocenters. The quantitative estimate of drug-likeness (QED) is 0.443. The van der Waals surface area contributed by atoms with Crippen LogP contribution >= 0.6 is 0 Å². The van der Waals surface area contributed by atoms with Crippen LogP contribution in [0.5, 0.6) is 0 Å². The topological polar surface area (TPSA) is 26.3 Å². The Bertz CT molecular complexity index is 194. The number of unbranched alkanes of at least 4 members (excludes halogenated alkanes) is 4. The second-order valence-corrected chi connectivity index (χ2v) is 4.20. The number of carbonyl (C=O) groups excluding carboxylic acids is 1. The fraction of sp³-hybridized carbons (Fsp3) is 0.923. The van der Waals surface area contributed by atoms with Gasteiger partial charge in [-0.25, -0.2) is 9.18 Å². The van der Waals surface area contributed by atoms with Crippen LogP contribution in [-0.4, -0.2) is 18.2 Å². The largest absolute Gasteiger partial charge is 0.464 e. The van der Waals surface area contributed by atoms with E-state index in [2.05, 4.69) is 6.92 Å². The summed E-state index contributed by atoms with van der Waals surface area (Å²) in [5, 5.41) is 0. The number of rotatable bonds is 9. The van der Waals surface area contributed by atoms with Gasteiger partial charge in [-0.3, -0.25) is 0 Å². The second kappa shape index (κ2) is 8.54. The van der Waals surface area contributed by atoms with Crippen LogP contribution in [0.1, 0.15) is 65.7 Å². The Morgan fingerprint density at radius 2 is 1.75 bits per heavy atom. The van der Waals surface area contributed by atoms with Gasteiger partial charge in [0.1, 0.15) is 0 Å². The van der Waals surface area contributed by atoms with E-state index in [-0.39, 0.29) is 13.0 Å². The second-order valence-electron chi connectivity index (χ2n) is 4.20. The van der Waals surface area contributed by atoms with Gasteiger partial charge < -0.3 is 4.74 Å².